The molecule has 2 atom stereocenters. The van der Waals surface area contributed by atoms with Gasteiger partial charge in [-0.15, -0.1) is 0 Å². The van der Waals surface area contributed by atoms with Gasteiger partial charge in [-0.05, 0) is 30.7 Å². The molecule has 0 saturated heterocycles. The van der Waals surface area contributed by atoms with Crippen LogP contribution in [0.4, 0.5) is 0 Å². The Bertz CT molecular complexity index is 812. The number of unbranched alkanes of at least 4 members (excludes halogenated alkanes) is 7. The number of aliphatic carboxylic acids is 2. The van der Waals surface area contributed by atoms with E-state index < -0.39 is 18.0 Å². The molecule has 2 unspecified atom stereocenters. The second kappa shape index (κ2) is 19.6. The molecule has 0 radical (unpaired) electrons. The quantitative estimate of drug-likeness (QED) is 0.122. The maximum atomic E-state index is 11.2. The van der Waals surface area contributed by atoms with Crippen molar-refractivity contribution in [1.82, 2.24) is 0 Å². The fraction of sp³-hybridized carbons (Fsp3) is 0.733. The van der Waals surface area contributed by atoms with E-state index in [1.165, 1.54) is 80.5 Å². The van der Waals surface area contributed by atoms with Gasteiger partial charge < -0.3 is 20.1 Å². The molecular weight excluding hydrogens is 520 g/mol. The standard InChI is InChI=1S/C30H48O6S2/c1-2-3-4-5-6-7-8-11-19-36-29-24(23-13-9-10-14-23)15-12-16-25(29)30(38-21-18-28(34)35)26(31)22-37-20-17-27(32)33/h12,15-16,23,26,30-31H,2-11,13-14,17-22H2,1H3,(H,32,33)(H,34,35). The Balaban J connectivity index is 2.13. The maximum absolute atomic E-state index is 11.2. The van der Waals surface area contributed by atoms with Crippen molar-refractivity contribution in [1.29, 1.82) is 0 Å². The van der Waals surface area contributed by atoms with Gasteiger partial charge in [-0.2, -0.15) is 23.5 Å². The molecule has 2 rings (SSSR count). The molecule has 0 aliphatic heterocycles. The van der Waals surface area contributed by atoms with E-state index in [4.69, 9.17) is 9.84 Å². The molecule has 1 aromatic carbocycles. The summed E-state index contributed by atoms with van der Waals surface area (Å²) in [6.45, 7) is 2.88. The van der Waals surface area contributed by atoms with Gasteiger partial charge in [0.15, 0.2) is 0 Å². The summed E-state index contributed by atoms with van der Waals surface area (Å²) in [5.41, 5.74) is 2.16. The first-order chi connectivity index (χ1) is 18.4. The van der Waals surface area contributed by atoms with Crippen molar-refractivity contribution in [2.45, 2.75) is 114 Å². The molecule has 1 aromatic rings. The lowest BCUT2D eigenvalue weighted by Gasteiger charge is -2.27. The smallest absolute Gasteiger partial charge is 0.304 e. The Morgan fingerprint density at radius 2 is 1.58 bits per heavy atom. The van der Waals surface area contributed by atoms with Crippen molar-refractivity contribution in [3.05, 3.63) is 29.3 Å². The highest BCUT2D eigenvalue weighted by Gasteiger charge is 2.29. The van der Waals surface area contributed by atoms with Gasteiger partial charge in [-0.25, -0.2) is 0 Å². The molecule has 0 amide bonds. The first-order valence-corrected chi connectivity index (χ1v) is 16.7. The van der Waals surface area contributed by atoms with Gasteiger partial charge in [0.1, 0.15) is 5.75 Å². The van der Waals surface area contributed by atoms with Gasteiger partial charge >= 0.3 is 11.9 Å². The number of carboxylic acids is 2. The van der Waals surface area contributed by atoms with Crippen LogP contribution >= 0.6 is 23.5 Å². The van der Waals surface area contributed by atoms with E-state index in [0.717, 1.165) is 37.0 Å². The topological polar surface area (TPSA) is 104 Å². The fourth-order valence-corrected chi connectivity index (χ4v) is 7.34. The molecule has 1 aliphatic rings. The van der Waals surface area contributed by atoms with Gasteiger partial charge in [-0.1, -0.05) is 82.9 Å². The first-order valence-electron chi connectivity index (χ1n) is 14.5. The zero-order chi connectivity index (χ0) is 27.6. The van der Waals surface area contributed by atoms with Gasteiger partial charge in [0.25, 0.3) is 0 Å². The van der Waals surface area contributed by atoms with Crippen molar-refractivity contribution >= 4 is 35.5 Å². The van der Waals surface area contributed by atoms with Crippen molar-refractivity contribution in [3.8, 4) is 5.75 Å². The molecule has 1 fully saturated rings. The van der Waals surface area contributed by atoms with E-state index in [-0.39, 0.29) is 18.1 Å². The lowest BCUT2D eigenvalue weighted by atomic mass is 9.93. The maximum Gasteiger partial charge on any atom is 0.304 e. The van der Waals surface area contributed by atoms with Crippen LogP contribution in [0.2, 0.25) is 0 Å². The summed E-state index contributed by atoms with van der Waals surface area (Å²) in [6.07, 6.45) is 13.9. The van der Waals surface area contributed by atoms with E-state index in [1.54, 1.807) is 0 Å². The number of carbonyl (C=O) groups is 2. The zero-order valence-electron chi connectivity index (χ0n) is 23.1. The van der Waals surface area contributed by atoms with E-state index in [9.17, 15) is 19.8 Å². The highest BCUT2D eigenvalue weighted by molar-refractivity contribution is 8.00. The number of para-hydroxylation sites is 1. The Morgan fingerprint density at radius 3 is 2.24 bits per heavy atom. The van der Waals surface area contributed by atoms with Crippen LogP contribution in [0.3, 0.4) is 0 Å². The van der Waals surface area contributed by atoms with E-state index in [2.05, 4.69) is 13.0 Å². The highest BCUT2D eigenvalue weighted by atomic mass is 32.2. The van der Waals surface area contributed by atoms with Crippen LogP contribution < -0.4 is 4.74 Å². The van der Waals surface area contributed by atoms with Crippen LogP contribution in [0.15, 0.2) is 18.2 Å². The van der Waals surface area contributed by atoms with Gasteiger partial charge in [0.05, 0.1) is 30.8 Å². The number of benzene rings is 1. The average molecular weight is 569 g/mol. The lowest BCUT2D eigenvalue weighted by molar-refractivity contribution is -0.137. The SMILES string of the molecule is CCCCCCCCCCOc1c(C2CCCC2)cccc1C(SCCC(=O)O)C(O)CSCCC(=O)O. The Labute approximate surface area is 237 Å². The van der Waals surface area contributed by atoms with Crippen LogP contribution in [0, 0.1) is 0 Å². The van der Waals surface area contributed by atoms with Crippen LogP contribution in [0.5, 0.6) is 5.75 Å². The molecule has 0 heterocycles. The average Bonchev–Trinajstić information content (AvgIpc) is 3.43. The summed E-state index contributed by atoms with van der Waals surface area (Å²) in [5.74, 6) is 0.848. The van der Waals surface area contributed by atoms with Crippen molar-refractivity contribution < 1.29 is 29.6 Å². The molecule has 216 valence electrons. The molecule has 0 aromatic heterocycles. The normalized spacial score (nSPS) is 15.4. The third kappa shape index (κ3) is 12.6. The molecule has 1 aliphatic carbocycles. The van der Waals surface area contributed by atoms with Gasteiger partial charge in [-0.3, -0.25) is 9.59 Å². The summed E-state index contributed by atoms with van der Waals surface area (Å²) < 4.78 is 6.52. The Morgan fingerprint density at radius 1 is 0.947 bits per heavy atom. The minimum absolute atomic E-state index is 0.0246. The van der Waals surface area contributed by atoms with Gasteiger partial charge in [0, 0.05) is 22.8 Å². The van der Waals surface area contributed by atoms with Crippen molar-refractivity contribution in [2.24, 2.45) is 0 Å². The van der Waals surface area contributed by atoms with E-state index in [0.29, 0.717) is 29.8 Å². The molecule has 0 spiro atoms. The molecule has 1 saturated carbocycles. The molecule has 8 heteroatoms. The molecule has 3 N–H and O–H groups in total. The Hall–Kier alpha value is -1.38. The molecular formula is C30H48O6S2. The Kier molecular flexibility index (Phi) is 17.0. The third-order valence-electron chi connectivity index (χ3n) is 7.13. The number of ether oxygens (including phenoxy) is 1. The summed E-state index contributed by atoms with van der Waals surface area (Å²) in [6, 6.07) is 6.22. The predicted molar refractivity (Wildman–Crippen MR) is 159 cm³/mol. The van der Waals surface area contributed by atoms with Crippen molar-refractivity contribution in [2.75, 3.05) is 23.9 Å². The monoisotopic (exact) mass is 568 g/mol. The second-order valence-electron chi connectivity index (χ2n) is 10.3. The number of carboxylic acid groups (broad SMARTS) is 2. The second-order valence-corrected chi connectivity index (χ2v) is 12.7. The van der Waals surface area contributed by atoms with E-state index in [1.807, 2.05) is 12.1 Å². The molecule has 6 nitrogen and oxygen atoms in total. The number of hydrogen-bond acceptors (Lipinski definition) is 6. The lowest BCUT2D eigenvalue weighted by Crippen LogP contribution is -2.21. The largest absolute Gasteiger partial charge is 0.493 e. The number of aliphatic hydroxyl groups excluding tert-OH is 1. The summed E-state index contributed by atoms with van der Waals surface area (Å²) >= 11 is 2.88. The zero-order valence-corrected chi connectivity index (χ0v) is 24.7. The minimum atomic E-state index is -0.854. The molecule has 0 bridgehead atoms. The minimum Gasteiger partial charge on any atom is -0.493 e. The number of hydrogen-bond donors (Lipinski definition) is 3. The molecule has 38 heavy (non-hydrogen) atoms. The van der Waals surface area contributed by atoms with Crippen LogP contribution in [-0.4, -0.2) is 57.2 Å². The third-order valence-corrected chi connectivity index (χ3v) is 9.57. The fourth-order valence-electron chi connectivity index (χ4n) is 5.06. The van der Waals surface area contributed by atoms with Crippen molar-refractivity contribution in [3.63, 3.8) is 0 Å². The predicted octanol–water partition coefficient (Wildman–Crippen LogP) is 7.68. The van der Waals surface area contributed by atoms with Gasteiger partial charge in [0.2, 0.25) is 0 Å². The van der Waals surface area contributed by atoms with Crippen LogP contribution in [0.1, 0.15) is 119 Å². The number of rotatable bonds is 22. The number of thioether (sulfide) groups is 2. The summed E-state index contributed by atoms with van der Waals surface area (Å²) in [5, 5.41) is 29.0. The summed E-state index contributed by atoms with van der Waals surface area (Å²) in [7, 11) is 0. The summed E-state index contributed by atoms with van der Waals surface area (Å²) in [4.78, 5) is 22.1. The highest BCUT2D eigenvalue weighted by Crippen LogP contribution is 2.45. The first kappa shape index (κ1) is 32.8. The van der Waals surface area contributed by atoms with Crippen LogP contribution in [-0.2, 0) is 9.59 Å². The number of aliphatic hydroxyl groups is 1. The van der Waals surface area contributed by atoms with Crippen LogP contribution in [0.25, 0.3) is 0 Å². The van der Waals surface area contributed by atoms with E-state index >= 15 is 0 Å².